The Labute approximate surface area is 131 Å². The first-order valence-corrected chi connectivity index (χ1v) is 7.10. The van der Waals surface area contributed by atoms with Gasteiger partial charge in [0.2, 0.25) is 7.98 Å². The lowest BCUT2D eigenvalue weighted by Crippen LogP contribution is -2.07. The van der Waals surface area contributed by atoms with Gasteiger partial charge < -0.3 is 14.7 Å². The molecule has 0 aromatic heterocycles. The lowest BCUT2D eigenvalue weighted by atomic mass is 10.1. The van der Waals surface area contributed by atoms with Gasteiger partial charge in [0.15, 0.2) is 0 Å². The van der Waals surface area contributed by atoms with E-state index >= 15 is 0 Å². The first-order valence-electron chi connectivity index (χ1n) is 7.10. The van der Waals surface area contributed by atoms with Crippen LogP contribution >= 0.6 is 0 Å². The monoisotopic (exact) mass is 295 g/mol. The minimum absolute atomic E-state index is 0.377. The van der Waals surface area contributed by atoms with Gasteiger partial charge in [-0.15, -0.1) is 0 Å². The quantitative estimate of drug-likeness (QED) is 0.484. The molecule has 112 valence electrons. The molecule has 0 spiro atoms. The standard InChI is InChI=1S/C17H18BNO3/c1-21-17(20)15-10-9-14(12-16(15)19-18)22-11-5-8-13-6-3-2-4-7-13/h2-4,6-7,9-10,12,19H,5,8,11H2,1H3. The molecule has 0 heterocycles. The van der Waals surface area contributed by atoms with Crippen molar-refractivity contribution in [3.8, 4) is 5.75 Å². The summed E-state index contributed by atoms with van der Waals surface area (Å²) < 4.78 is 10.4. The van der Waals surface area contributed by atoms with Crippen molar-refractivity contribution in [3.05, 3.63) is 59.7 Å². The highest BCUT2D eigenvalue weighted by molar-refractivity contribution is 6.17. The third-order valence-electron chi connectivity index (χ3n) is 3.27. The van der Waals surface area contributed by atoms with Crippen LogP contribution in [-0.2, 0) is 11.2 Å². The molecule has 0 aliphatic rings. The fraction of sp³-hybridized carbons (Fsp3) is 0.235. The molecule has 1 N–H and O–H groups in total. The van der Waals surface area contributed by atoms with Crippen molar-refractivity contribution in [2.75, 3.05) is 18.9 Å². The third kappa shape index (κ3) is 4.28. The van der Waals surface area contributed by atoms with Gasteiger partial charge >= 0.3 is 5.97 Å². The smallest absolute Gasteiger partial charge is 0.339 e. The molecule has 0 atom stereocenters. The topological polar surface area (TPSA) is 47.6 Å². The second-order valence-corrected chi connectivity index (χ2v) is 4.78. The zero-order valence-electron chi connectivity index (χ0n) is 12.5. The van der Waals surface area contributed by atoms with Gasteiger partial charge in [-0.05, 0) is 30.5 Å². The van der Waals surface area contributed by atoms with E-state index in [0.717, 1.165) is 12.8 Å². The summed E-state index contributed by atoms with van der Waals surface area (Å²) in [5, 5.41) is 2.49. The van der Waals surface area contributed by atoms with E-state index in [-0.39, 0.29) is 0 Å². The Kier molecular flexibility index (Phi) is 5.89. The van der Waals surface area contributed by atoms with Crippen LogP contribution in [0.1, 0.15) is 22.3 Å². The number of hydrogen-bond acceptors (Lipinski definition) is 4. The second kappa shape index (κ2) is 8.12. The third-order valence-corrected chi connectivity index (χ3v) is 3.27. The molecule has 0 saturated carbocycles. The number of esters is 1. The van der Waals surface area contributed by atoms with E-state index in [0.29, 0.717) is 23.6 Å². The van der Waals surface area contributed by atoms with Crippen LogP contribution in [-0.4, -0.2) is 27.7 Å². The molecule has 2 rings (SSSR count). The molecule has 2 radical (unpaired) electrons. The van der Waals surface area contributed by atoms with E-state index in [1.54, 1.807) is 18.2 Å². The lowest BCUT2D eigenvalue weighted by molar-refractivity contribution is 0.0602. The number of benzene rings is 2. The van der Waals surface area contributed by atoms with Gasteiger partial charge in [0, 0.05) is 11.8 Å². The van der Waals surface area contributed by atoms with E-state index in [1.165, 1.54) is 12.7 Å². The normalized spacial score (nSPS) is 10.0. The number of nitrogens with one attached hydrogen (secondary N) is 1. The van der Waals surface area contributed by atoms with Crippen LogP contribution in [0, 0.1) is 0 Å². The predicted molar refractivity (Wildman–Crippen MR) is 87.4 cm³/mol. The van der Waals surface area contributed by atoms with Crippen LogP contribution < -0.4 is 9.96 Å². The minimum Gasteiger partial charge on any atom is -0.494 e. The number of ether oxygens (including phenoxy) is 2. The van der Waals surface area contributed by atoms with E-state index in [4.69, 9.17) is 17.5 Å². The first kappa shape index (κ1) is 16.0. The van der Waals surface area contributed by atoms with Crippen LogP contribution in [0.5, 0.6) is 5.75 Å². The van der Waals surface area contributed by atoms with Gasteiger partial charge in [-0.1, -0.05) is 30.3 Å². The van der Waals surface area contributed by atoms with Crippen molar-refractivity contribution >= 4 is 19.6 Å². The van der Waals surface area contributed by atoms with Crippen molar-refractivity contribution in [1.29, 1.82) is 0 Å². The Balaban J connectivity index is 1.89. The zero-order chi connectivity index (χ0) is 15.8. The van der Waals surface area contributed by atoms with Crippen molar-refractivity contribution in [2.24, 2.45) is 0 Å². The van der Waals surface area contributed by atoms with E-state index < -0.39 is 5.97 Å². The number of methoxy groups -OCH3 is 1. The van der Waals surface area contributed by atoms with Crippen molar-refractivity contribution < 1.29 is 14.3 Å². The molecule has 22 heavy (non-hydrogen) atoms. The fourth-order valence-corrected chi connectivity index (χ4v) is 2.13. The molecule has 5 heteroatoms. The number of hydrogen-bond donors (Lipinski definition) is 1. The number of anilines is 1. The summed E-state index contributed by atoms with van der Waals surface area (Å²) >= 11 is 0. The van der Waals surface area contributed by atoms with Crippen LogP contribution in [0.2, 0.25) is 0 Å². The Morgan fingerprint density at radius 2 is 1.95 bits per heavy atom. The highest BCUT2D eigenvalue weighted by Gasteiger charge is 2.11. The number of aryl methyl sites for hydroxylation is 1. The summed E-state index contributed by atoms with van der Waals surface area (Å²) in [6.07, 6.45) is 1.87. The SMILES string of the molecule is [B]Nc1cc(OCCCc2ccccc2)ccc1C(=O)OC. The number of rotatable bonds is 7. The highest BCUT2D eigenvalue weighted by Crippen LogP contribution is 2.23. The van der Waals surface area contributed by atoms with E-state index in [9.17, 15) is 4.79 Å². The molecule has 0 aliphatic heterocycles. The molecule has 2 aromatic carbocycles. The van der Waals surface area contributed by atoms with Crippen LogP contribution in [0.15, 0.2) is 48.5 Å². The summed E-state index contributed by atoms with van der Waals surface area (Å²) in [7, 11) is 6.76. The average molecular weight is 295 g/mol. The molecule has 4 nitrogen and oxygen atoms in total. The summed E-state index contributed by atoms with van der Waals surface area (Å²) in [5.74, 6) is 0.220. The molecular weight excluding hydrogens is 277 g/mol. The molecule has 0 aliphatic carbocycles. The molecule has 0 fully saturated rings. The van der Waals surface area contributed by atoms with Gasteiger partial charge in [-0.25, -0.2) is 4.79 Å². The van der Waals surface area contributed by atoms with E-state index in [1.807, 2.05) is 18.2 Å². The fourth-order valence-electron chi connectivity index (χ4n) is 2.13. The average Bonchev–Trinajstić information content (AvgIpc) is 2.58. The van der Waals surface area contributed by atoms with Crippen molar-refractivity contribution in [1.82, 2.24) is 0 Å². The molecule has 0 saturated heterocycles. The van der Waals surface area contributed by atoms with Gasteiger partial charge in [-0.2, -0.15) is 0 Å². The van der Waals surface area contributed by atoms with Crippen LogP contribution in [0.25, 0.3) is 0 Å². The zero-order valence-corrected chi connectivity index (χ0v) is 12.5. The van der Waals surface area contributed by atoms with Crippen LogP contribution in [0.3, 0.4) is 0 Å². The molecular formula is C17H18BNO3. The highest BCUT2D eigenvalue weighted by atomic mass is 16.5. The first-order chi connectivity index (χ1) is 10.7. The van der Waals surface area contributed by atoms with Crippen molar-refractivity contribution in [3.63, 3.8) is 0 Å². The second-order valence-electron chi connectivity index (χ2n) is 4.78. The Morgan fingerprint density at radius 1 is 1.18 bits per heavy atom. The van der Waals surface area contributed by atoms with Gasteiger partial charge in [0.05, 0.1) is 19.3 Å². The summed E-state index contributed by atoms with van der Waals surface area (Å²) in [4.78, 5) is 11.6. The lowest BCUT2D eigenvalue weighted by Gasteiger charge is -2.11. The maximum absolute atomic E-state index is 11.6. The Bertz CT molecular complexity index is 617. The maximum Gasteiger partial charge on any atom is 0.339 e. The Hall–Kier alpha value is -2.43. The molecule has 0 bridgehead atoms. The molecule has 0 amide bonds. The van der Waals surface area contributed by atoms with Gasteiger partial charge in [0.25, 0.3) is 0 Å². The molecule has 2 aromatic rings. The maximum atomic E-state index is 11.6. The van der Waals surface area contributed by atoms with Gasteiger partial charge in [-0.3, -0.25) is 0 Å². The van der Waals surface area contributed by atoms with Crippen LogP contribution in [0.4, 0.5) is 5.69 Å². The van der Waals surface area contributed by atoms with Crippen molar-refractivity contribution in [2.45, 2.75) is 12.8 Å². The summed E-state index contributed by atoms with van der Waals surface area (Å²) in [5.41, 5.74) is 2.14. The van der Waals surface area contributed by atoms with E-state index in [2.05, 4.69) is 17.4 Å². The molecule has 0 unspecified atom stereocenters. The number of carbonyl (C=O) groups is 1. The van der Waals surface area contributed by atoms with Gasteiger partial charge in [0.1, 0.15) is 5.75 Å². The summed E-state index contributed by atoms with van der Waals surface area (Å²) in [6.45, 7) is 0.594. The minimum atomic E-state index is -0.441. The summed E-state index contributed by atoms with van der Waals surface area (Å²) in [6, 6.07) is 15.3. The number of carbonyl (C=O) groups excluding carboxylic acids is 1. The Morgan fingerprint density at radius 3 is 2.64 bits per heavy atom. The predicted octanol–water partition coefficient (Wildman–Crippen LogP) is 2.98. The largest absolute Gasteiger partial charge is 0.494 e.